The maximum atomic E-state index is 11.9. The van der Waals surface area contributed by atoms with E-state index in [-0.39, 0.29) is 26.0 Å². The Bertz CT molecular complexity index is 334. The van der Waals surface area contributed by atoms with Crippen molar-refractivity contribution < 1.29 is 29.7 Å². The quantitative estimate of drug-likeness (QED) is 0.452. The number of carbonyl (C=O) groups is 3. The van der Waals surface area contributed by atoms with E-state index in [1.807, 2.05) is 6.92 Å². The highest BCUT2D eigenvalue weighted by atomic mass is 16.4. The van der Waals surface area contributed by atoms with Crippen molar-refractivity contribution in [2.45, 2.75) is 38.6 Å². The molecule has 0 saturated carbocycles. The molecule has 8 heteroatoms. The summed E-state index contributed by atoms with van der Waals surface area (Å²) in [6.45, 7) is 2.25. The fraction of sp³-hybridized carbons (Fsp3) is 0.750. The van der Waals surface area contributed by atoms with Crippen LogP contribution in [0.4, 0.5) is 4.79 Å². The molecule has 0 aliphatic rings. The Morgan fingerprint density at radius 1 is 1.20 bits per heavy atom. The van der Waals surface area contributed by atoms with E-state index < -0.39 is 24.0 Å². The number of carbonyl (C=O) groups excluding carboxylic acids is 1. The van der Waals surface area contributed by atoms with E-state index in [1.165, 1.54) is 4.90 Å². The first-order valence-electron chi connectivity index (χ1n) is 6.53. The second kappa shape index (κ2) is 10.0. The maximum absolute atomic E-state index is 11.9. The van der Waals surface area contributed by atoms with Gasteiger partial charge in [-0.15, -0.1) is 0 Å². The highest BCUT2D eigenvalue weighted by Crippen LogP contribution is 2.01. The molecule has 4 N–H and O–H groups in total. The third kappa shape index (κ3) is 7.57. The third-order valence-corrected chi connectivity index (χ3v) is 2.68. The molecule has 1 unspecified atom stereocenters. The van der Waals surface area contributed by atoms with Gasteiger partial charge < -0.3 is 25.5 Å². The lowest BCUT2D eigenvalue weighted by molar-refractivity contribution is -0.140. The fourth-order valence-corrected chi connectivity index (χ4v) is 1.55. The normalized spacial score (nSPS) is 11.7. The minimum atomic E-state index is -1.28. The lowest BCUT2D eigenvalue weighted by atomic mass is 10.1. The van der Waals surface area contributed by atoms with Gasteiger partial charge in [-0.1, -0.05) is 13.3 Å². The van der Waals surface area contributed by atoms with E-state index in [0.29, 0.717) is 6.54 Å². The van der Waals surface area contributed by atoms with Crippen LogP contribution in [0, 0.1) is 0 Å². The van der Waals surface area contributed by atoms with Gasteiger partial charge in [-0.05, 0) is 12.8 Å². The number of nitrogens with zero attached hydrogens (tertiary/aromatic N) is 1. The van der Waals surface area contributed by atoms with Crippen molar-refractivity contribution in [3.8, 4) is 0 Å². The molecule has 0 bridgehead atoms. The smallest absolute Gasteiger partial charge is 0.326 e. The predicted octanol–water partition coefficient (Wildman–Crippen LogP) is 0.108. The summed E-state index contributed by atoms with van der Waals surface area (Å²) in [7, 11) is 0. The molecule has 0 aromatic rings. The first kappa shape index (κ1) is 18.2. The van der Waals surface area contributed by atoms with Crippen LogP contribution in [0.25, 0.3) is 0 Å². The number of hydrogen-bond acceptors (Lipinski definition) is 4. The van der Waals surface area contributed by atoms with Gasteiger partial charge >= 0.3 is 18.0 Å². The number of amides is 2. The number of rotatable bonds is 10. The molecule has 0 aliphatic heterocycles. The van der Waals surface area contributed by atoms with E-state index >= 15 is 0 Å². The van der Waals surface area contributed by atoms with E-state index in [9.17, 15) is 14.4 Å². The number of aliphatic hydroxyl groups is 1. The van der Waals surface area contributed by atoms with Gasteiger partial charge in [0, 0.05) is 19.5 Å². The van der Waals surface area contributed by atoms with E-state index in [0.717, 1.165) is 12.8 Å². The summed E-state index contributed by atoms with van der Waals surface area (Å²) < 4.78 is 0. The Hall–Kier alpha value is -1.83. The SMILES string of the molecule is CCCCN(CCO)C(=O)NC(CCC(=O)O)C(=O)O. The van der Waals surface area contributed by atoms with Crippen LogP contribution in [0.15, 0.2) is 0 Å². The zero-order chi connectivity index (χ0) is 15.5. The molecule has 0 rings (SSSR count). The van der Waals surface area contributed by atoms with Gasteiger partial charge in [0.15, 0.2) is 0 Å². The van der Waals surface area contributed by atoms with Crippen molar-refractivity contribution in [1.29, 1.82) is 0 Å². The van der Waals surface area contributed by atoms with Gasteiger partial charge in [0.05, 0.1) is 6.61 Å². The van der Waals surface area contributed by atoms with Crippen LogP contribution < -0.4 is 5.32 Å². The summed E-state index contributed by atoms with van der Waals surface area (Å²) in [6.07, 6.45) is 1.07. The van der Waals surface area contributed by atoms with Crippen molar-refractivity contribution in [3.05, 3.63) is 0 Å². The molecule has 0 heterocycles. The topological polar surface area (TPSA) is 127 Å². The first-order valence-corrected chi connectivity index (χ1v) is 6.53. The molecular weight excluding hydrogens is 268 g/mol. The number of carboxylic acid groups (broad SMARTS) is 2. The summed E-state index contributed by atoms with van der Waals surface area (Å²) in [4.78, 5) is 34.6. The average molecular weight is 290 g/mol. The second-order valence-electron chi connectivity index (χ2n) is 4.34. The number of carboxylic acids is 2. The molecule has 116 valence electrons. The summed E-state index contributed by atoms with van der Waals surface area (Å²) in [5, 5.41) is 28.7. The molecule has 2 amide bonds. The molecule has 20 heavy (non-hydrogen) atoms. The van der Waals surface area contributed by atoms with Crippen LogP contribution in [0.5, 0.6) is 0 Å². The number of aliphatic hydroxyl groups excluding tert-OH is 1. The maximum Gasteiger partial charge on any atom is 0.326 e. The fourth-order valence-electron chi connectivity index (χ4n) is 1.55. The Kier molecular flexibility index (Phi) is 9.10. The largest absolute Gasteiger partial charge is 0.481 e. The van der Waals surface area contributed by atoms with Crippen molar-refractivity contribution >= 4 is 18.0 Å². The van der Waals surface area contributed by atoms with Crippen molar-refractivity contribution in [3.63, 3.8) is 0 Å². The Balaban J connectivity index is 4.52. The average Bonchev–Trinajstić information content (AvgIpc) is 2.38. The van der Waals surface area contributed by atoms with Gasteiger partial charge in [0.25, 0.3) is 0 Å². The molecule has 0 spiro atoms. The van der Waals surface area contributed by atoms with Gasteiger partial charge in [-0.25, -0.2) is 9.59 Å². The Labute approximate surface area is 117 Å². The minimum Gasteiger partial charge on any atom is -0.481 e. The monoisotopic (exact) mass is 290 g/mol. The van der Waals surface area contributed by atoms with Gasteiger partial charge in [-0.3, -0.25) is 4.79 Å². The summed E-state index contributed by atoms with van der Waals surface area (Å²) in [6, 6.07) is -1.85. The molecule has 0 aromatic carbocycles. The van der Waals surface area contributed by atoms with E-state index in [1.54, 1.807) is 0 Å². The molecule has 0 radical (unpaired) electrons. The lowest BCUT2D eigenvalue weighted by Gasteiger charge is -2.24. The Morgan fingerprint density at radius 3 is 2.30 bits per heavy atom. The number of unbranched alkanes of at least 4 members (excludes halogenated alkanes) is 1. The molecule has 0 aromatic heterocycles. The van der Waals surface area contributed by atoms with Gasteiger partial charge in [0.2, 0.25) is 0 Å². The third-order valence-electron chi connectivity index (χ3n) is 2.68. The molecule has 8 nitrogen and oxygen atoms in total. The molecule has 1 atom stereocenters. The lowest BCUT2D eigenvalue weighted by Crippen LogP contribution is -2.49. The minimum absolute atomic E-state index is 0.108. The summed E-state index contributed by atoms with van der Waals surface area (Å²) >= 11 is 0. The number of hydrogen-bond donors (Lipinski definition) is 4. The van der Waals surface area contributed by atoms with Crippen LogP contribution in [0.1, 0.15) is 32.6 Å². The van der Waals surface area contributed by atoms with Crippen LogP contribution in [0.3, 0.4) is 0 Å². The first-order chi connectivity index (χ1) is 9.42. The zero-order valence-electron chi connectivity index (χ0n) is 11.5. The Morgan fingerprint density at radius 2 is 1.85 bits per heavy atom. The van der Waals surface area contributed by atoms with Gasteiger partial charge in [0.1, 0.15) is 6.04 Å². The standard InChI is InChI=1S/C12H22N2O6/c1-2-3-6-14(7-8-15)12(20)13-9(11(18)19)4-5-10(16)17/h9,15H,2-8H2,1H3,(H,13,20)(H,16,17)(H,18,19). The highest BCUT2D eigenvalue weighted by molar-refractivity contribution is 5.83. The molecule has 0 saturated heterocycles. The zero-order valence-corrected chi connectivity index (χ0v) is 11.5. The molecular formula is C12H22N2O6. The number of aliphatic carboxylic acids is 2. The highest BCUT2D eigenvalue weighted by Gasteiger charge is 2.23. The molecule has 0 fully saturated rings. The second-order valence-corrected chi connectivity index (χ2v) is 4.34. The number of urea groups is 1. The molecule has 0 aliphatic carbocycles. The van der Waals surface area contributed by atoms with E-state index in [4.69, 9.17) is 15.3 Å². The van der Waals surface area contributed by atoms with Crippen LogP contribution >= 0.6 is 0 Å². The summed E-state index contributed by atoms with van der Waals surface area (Å²) in [5.41, 5.74) is 0. The predicted molar refractivity (Wildman–Crippen MR) is 70.4 cm³/mol. The van der Waals surface area contributed by atoms with Crippen LogP contribution in [0.2, 0.25) is 0 Å². The van der Waals surface area contributed by atoms with Crippen molar-refractivity contribution in [2.24, 2.45) is 0 Å². The van der Waals surface area contributed by atoms with Gasteiger partial charge in [-0.2, -0.15) is 0 Å². The number of nitrogens with one attached hydrogen (secondary N) is 1. The van der Waals surface area contributed by atoms with Crippen LogP contribution in [-0.2, 0) is 9.59 Å². The van der Waals surface area contributed by atoms with Crippen LogP contribution in [-0.4, -0.2) is 63.9 Å². The van der Waals surface area contributed by atoms with Crippen molar-refractivity contribution in [1.82, 2.24) is 10.2 Å². The van der Waals surface area contributed by atoms with E-state index in [2.05, 4.69) is 5.32 Å². The van der Waals surface area contributed by atoms with Crippen molar-refractivity contribution in [2.75, 3.05) is 19.7 Å². The summed E-state index contributed by atoms with van der Waals surface area (Å²) in [5.74, 6) is -2.40.